The summed E-state index contributed by atoms with van der Waals surface area (Å²) < 4.78 is 44.9. The van der Waals surface area contributed by atoms with Crippen molar-refractivity contribution in [3.8, 4) is 17.1 Å². The smallest absolute Gasteiger partial charge is 0.406 e. The summed E-state index contributed by atoms with van der Waals surface area (Å²) >= 11 is 0. The largest absolute Gasteiger partial charge is 0.573 e. The molecule has 0 spiro atoms. The molecule has 0 N–H and O–H groups in total. The number of ether oxygens (including phenoxy) is 1. The highest BCUT2D eigenvalue weighted by molar-refractivity contribution is 5.55. The predicted octanol–water partition coefficient (Wildman–Crippen LogP) is 7.30. The topological polar surface area (TPSA) is 27.1 Å². The molecule has 0 saturated carbocycles. The molecule has 0 aliphatic heterocycles. The molecule has 2 aromatic carbocycles. The summed E-state index contributed by atoms with van der Waals surface area (Å²) in [4.78, 5) is 4.79. The molecule has 0 saturated heterocycles. The van der Waals surface area contributed by atoms with Crippen molar-refractivity contribution in [1.82, 2.24) is 9.55 Å². The second-order valence-corrected chi connectivity index (χ2v) is 9.79. The Kier molecular flexibility index (Phi) is 8.34. The summed E-state index contributed by atoms with van der Waals surface area (Å²) in [6.45, 7) is 6.95. The van der Waals surface area contributed by atoms with Gasteiger partial charge in [0.05, 0.1) is 25.5 Å². The quantitative estimate of drug-likeness (QED) is 0.201. The van der Waals surface area contributed by atoms with Crippen LogP contribution in [0.5, 0.6) is 5.75 Å². The van der Waals surface area contributed by atoms with Crippen LogP contribution in [0.3, 0.4) is 0 Å². The van der Waals surface area contributed by atoms with Crippen LogP contribution in [0.2, 0.25) is 0 Å². The average molecular weight is 509 g/mol. The van der Waals surface area contributed by atoms with Crippen LogP contribution in [-0.2, 0) is 19.6 Å². The van der Waals surface area contributed by atoms with E-state index in [1.54, 1.807) is 12.1 Å². The fraction of sp³-hybridized carbons (Fsp3) is 0.300. The summed E-state index contributed by atoms with van der Waals surface area (Å²) in [5.41, 5.74) is 3.14. The van der Waals surface area contributed by atoms with E-state index >= 15 is 0 Å². The number of rotatable bonds is 11. The number of aromatic nitrogens is 2. The maximum absolute atomic E-state index is 12.6. The monoisotopic (exact) mass is 508 g/mol. The lowest BCUT2D eigenvalue weighted by atomic mass is 9.98. The van der Waals surface area contributed by atoms with Crippen molar-refractivity contribution < 1.29 is 22.4 Å². The molecule has 194 valence electrons. The molecule has 1 heterocycles. The second-order valence-electron chi connectivity index (χ2n) is 9.79. The number of hydrogen-bond acceptors (Lipinski definition) is 2. The van der Waals surface area contributed by atoms with Crippen molar-refractivity contribution in [3.05, 3.63) is 109 Å². The van der Waals surface area contributed by atoms with Crippen LogP contribution >= 0.6 is 0 Å². The summed E-state index contributed by atoms with van der Waals surface area (Å²) in [6, 6.07) is 16.4. The van der Waals surface area contributed by atoms with E-state index in [4.69, 9.17) is 4.98 Å². The van der Waals surface area contributed by atoms with E-state index < -0.39 is 6.36 Å². The molecule has 0 bridgehead atoms. The number of halogens is 3. The first-order valence-electron chi connectivity index (χ1n) is 12.5. The zero-order chi connectivity index (χ0) is 26.3. The number of nitrogens with zero attached hydrogens (tertiary/aromatic N) is 3. The maximum atomic E-state index is 12.6. The van der Waals surface area contributed by atoms with Crippen LogP contribution < -0.4 is 4.74 Å². The van der Waals surface area contributed by atoms with E-state index in [1.807, 2.05) is 30.5 Å². The third-order valence-electron chi connectivity index (χ3n) is 6.54. The van der Waals surface area contributed by atoms with E-state index in [9.17, 15) is 13.2 Å². The van der Waals surface area contributed by atoms with Crippen molar-refractivity contribution in [2.24, 2.45) is 5.92 Å². The average Bonchev–Trinajstić information content (AvgIpc) is 3.25. The Morgan fingerprint density at radius 2 is 1.84 bits per heavy atom. The summed E-state index contributed by atoms with van der Waals surface area (Å²) in [5, 5.41) is 0. The first-order valence-corrected chi connectivity index (χ1v) is 12.5. The van der Waals surface area contributed by atoms with E-state index in [0.717, 1.165) is 55.1 Å². The van der Waals surface area contributed by atoms with Gasteiger partial charge in [0.15, 0.2) is 0 Å². The van der Waals surface area contributed by atoms with Crippen molar-refractivity contribution in [2.75, 3.05) is 13.6 Å². The normalized spacial score (nSPS) is 16.9. The van der Waals surface area contributed by atoms with Gasteiger partial charge >= 0.3 is 6.36 Å². The molecular weight excluding hydrogens is 475 g/mol. The van der Waals surface area contributed by atoms with E-state index in [2.05, 4.69) is 59.4 Å². The van der Waals surface area contributed by atoms with Crippen LogP contribution in [0.15, 0.2) is 97.8 Å². The maximum Gasteiger partial charge on any atom is 0.573 e. The Labute approximate surface area is 216 Å². The molecule has 4 rings (SSSR count). The van der Waals surface area contributed by atoms with Gasteiger partial charge < -0.3 is 13.8 Å². The number of hydrogen-bond donors (Lipinski definition) is 0. The lowest BCUT2D eigenvalue weighted by Gasteiger charge is -2.37. The van der Waals surface area contributed by atoms with Crippen LogP contribution in [0.4, 0.5) is 13.2 Å². The Hall–Kier alpha value is -3.58. The highest BCUT2D eigenvalue weighted by Crippen LogP contribution is 2.28. The van der Waals surface area contributed by atoms with E-state index in [-0.39, 0.29) is 5.75 Å². The summed E-state index contributed by atoms with van der Waals surface area (Å²) in [6.07, 6.45) is 9.53. The standard InChI is InChI=1S/C30H33F3N3O/c1-3-4-19-35-27(20-34-29(35)26-13-9-6-10-14-26)23-36(2,21-24-11-7-5-8-12-24)22-25-15-17-28(18-16-25)37-30(31,32)33/h3,5-11,13-18,20,24H,1,4,12,19,21-23H2,2H3/q+1. The lowest BCUT2D eigenvalue weighted by Crippen LogP contribution is -2.46. The lowest BCUT2D eigenvalue weighted by molar-refractivity contribution is -0.938. The molecule has 1 aromatic heterocycles. The van der Waals surface area contributed by atoms with Crippen molar-refractivity contribution in [1.29, 1.82) is 0 Å². The van der Waals surface area contributed by atoms with Crippen molar-refractivity contribution in [2.45, 2.75) is 38.8 Å². The molecular formula is C30H33F3N3O+. The molecule has 0 fully saturated rings. The number of imidazole rings is 1. The first-order chi connectivity index (χ1) is 17.7. The molecule has 4 nitrogen and oxygen atoms in total. The van der Waals surface area contributed by atoms with Gasteiger partial charge in [-0.2, -0.15) is 0 Å². The molecule has 3 aromatic rings. The van der Waals surface area contributed by atoms with Gasteiger partial charge in [-0.25, -0.2) is 4.98 Å². The summed E-state index contributed by atoms with van der Waals surface area (Å²) in [5.74, 6) is 1.10. The molecule has 0 radical (unpaired) electrons. The van der Waals surface area contributed by atoms with Crippen LogP contribution in [0.1, 0.15) is 24.1 Å². The van der Waals surface area contributed by atoms with Crippen LogP contribution in [0.25, 0.3) is 11.4 Å². The third kappa shape index (κ3) is 7.46. The minimum Gasteiger partial charge on any atom is -0.406 e. The van der Waals surface area contributed by atoms with Gasteiger partial charge in [-0.3, -0.25) is 0 Å². The zero-order valence-corrected chi connectivity index (χ0v) is 21.1. The summed E-state index contributed by atoms with van der Waals surface area (Å²) in [7, 11) is 2.21. The van der Waals surface area contributed by atoms with Gasteiger partial charge in [0.1, 0.15) is 24.7 Å². The first kappa shape index (κ1) is 26.5. The zero-order valence-electron chi connectivity index (χ0n) is 21.1. The number of allylic oxidation sites excluding steroid dienone is 4. The fourth-order valence-electron chi connectivity index (χ4n) is 4.97. The second kappa shape index (κ2) is 11.6. The minimum atomic E-state index is -4.70. The predicted molar refractivity (Wildman–Crippen MR) is 140 cm³/mol. The fourth-order valence-corrected chi connectivity index (χ4v) is 4.97. The molecule has 7 heteroatoms. The molecule has 2 unspecified atom stereocenters. The van der Waals surface area contributed by atoms with Gasteiger partial charge in [0, 0.05) is 23.6 Å². The molecule has 1 aliphatic carbocycles. The third-order valence-corrected chi connectivity index (χ3v) is 6.54. The number of quaternary nitrogens is 1. The highest BCUT2D eigenvalue weighted by atomic mass is 19.4. The van der Waals surface area contributed by atoms with Crippen molar-refractivity contribution in [3.63, 3.8) is 0 Å². The van der Waals surface area contributed by atoms with E-state index in [0.29, 0.717) is 16.9 Å². The van der Waals surface area contributed by atoms with Gasteiger partial charge in [0.2, 0.25) is 0 Å². The van der Waals surface area contributed by atoms with E-state index in [1.165, 1.54) is 12.1 Å². The highest BCUT2D eigenvalue weighted by Gasteiger charge is 2.32. The van der Waals surface area contributed by atoms with Gasteiger partial charge in [-0.15, -0.1) is 19.8 Å². The number of benzene rings is 2. The van der Waals surface area contributed by atoms with Crippen LogP contribution in [0, 0.1) is 5.92 Å². The molecule has 1 aliphatic rings. The Morgan fingerprint density at radius 3 is 2.49 bits per heavy atom. The molecule has 0 amide bonds. The molecule has 37 heavy (non-hydrogen) atoms. The Bertz CT molecular complexity index is 1230. The van der Waals surface area contributed by atoms with Crippen LogP contribution in [-0.4, -0.2) is 34.0 Å². The SMILES string of the molecule is C=CCCn1c(C[N+](C)(Cc2ccc(OC(F)(F)F)cc2)CC2C=CC=CC2)cnc1-c1ccccc1. The molecule has 2 atom stereocenters. The van der Waals surface area contributed by atoms with Gasteiger partial charge in [0.25, 0.3) is 0 Å². The Balaban J connectivity index is 1.63. The van der Waals surface area contributed by atoms with Crippen molar-refractivity contribution >= 4 is 0 Å². The Morgan fingerprint density at radius 1 is 1.08 bits per heavy atom. The minimum absolute atomic E-state index is 0.208. The number of alkyl halides is 3. The van der Waals surface area contributed by atoms with Gasteiger partial charge in [-0.05, 0) is 37.1 Å². The van der Waals surface area contributed by atoms with Gasteiger partial charge in [-0.1, -0.05) is 60.7 Å².